The van der Waals surface area contributed by atoms with Crippen molar-refractivity contribution in [2.45, 2.75) is 34.1 Å². The van der Waals surface area contributed by atoms with Gasteiger partial charge in [0, 0.05) is 0 Å². The Morgan fingerprint density at radius 3 is 2.53 bits per heavy atom. The van der Waals surface area contributed by atoms with Gasteiger partial charge < -0.3 is 0 Å². The second kappa shape index (κ2) is 6.85. The summed E-state index contributed by atoms with van der Waals surface area (Å²) in [6.45, 7) is 8.59. The van der Waals surface area contributed by atoms with E-state index in [-0.39, 0.29) is 19.5 Å². The van der Waals surface area contributed by atoms with Crippen LogP contribution in [0.2, 0.25) is 0 Å². The molecule has 1 aromatic carbocycles. The molecule has 0 nitrogen and oxygen atoms in total. The van der Waals surface area contributed by atoms with E-state index in [0.717, 1.165) is 6.42 Å². The van der Waals surface area contributed by atoms with Crippen LogP contribution in [-0.2, 0) is 25.9 Å². The van der Waals surface area contributed by atoms with Crippen molar-refractivity contribution in [2.75, 3.05) is 0 Å². The topological polar surface area (TPSA) is 0 Å². The summed E-state index contributed by atoms with van der Waals surface area (Å²) in [6.07, 6.45) is 5.37. The van der Waals surface area contributed by atoms with Crippen LogP contribution in [0.3, 0.4) is 0 Å². The first-order valence-electron chi connectivity index (χ1n) is 5.25. The molecule has 1 aromatic rings. The molecular weight excluding hydrogens is 269 g/mol. The zero-order chi connectivity index (χ0) is 10.6. The number of hydrogen-bond donors (Lipinski definition) is 0. The molecule has 0 atom stereocenters. The number of hydrogen-bond acceptors (Lipinski definition) is 0. The monoisotopic (exact) mass is 289 g/mol. The van der Waals surface area contributed by atoms with Gasteiger partial charge in [-0.15, -0.1) is 5.57 Å². The average molecular weight is 288 g/mol. The first-order valence-corrected chi connectivity index (χ1v) is 5.25. The van der Waals surface area contributed by atoms with Gasteiger partial charge in [-0.25, -0.2) is 6.07 Å². The van der Waals surface area contributed by atoms with Gasteiger partial charge in [0.1, 0.15) is 0 Å². The summed E-state index contributed by atoms with van der Waals surface area (Å²) >= 11 is 0. The van der Waals surface area contributed by atoms with Crippen LogP contribution >= 0.6 is 0 Å². The smallest absolute Gasteiger partial charge is 0.206 e. The maximum absolute atomic E-state index is 2.28. The molecule has 0 bridgehead atoms. The molecule has 0 heterocycles. The standard InChI is InChI=1S/C14H19.Ru/c1-5-7-11(3)12(4)14-9-8-13(6-2)10-14;/h5,7-10H,6H2,1-4H3;/q-1;+1. The van der Waals surface area contributed by atoms with E-state index in [1.807, 2.05) is 0 Å². The normalized spacial score (nSPS) is 12.5. The molecule has 0 amide bonds. The quantitative estimate of drug-likeness (QED) is 0.441. The number of rotatable bonds is 3. The largest absolute Gasteiger partial charge is 1.00 e. The molecular formula is C14H19Ru. The van der Waals surface area contributed by atoms with Crippen molar-refractivity contribution in [1.82, 2.24) is 0 Å². The summed E-state index contributed by atoms with van der Waals surface area (Å²) in [6, 6.07) is 6.70. The van der Waals surface area contributed by atoms with Crippen molar-refractivity contribution in [3.05, 3.63) is 47.1 Å². The average Bonchev–Trinajstić information content (AvgIpc) is 2.65. The molecule has 0 aromatic heterocycles. The Kier molecular flexibility index (Phi) is 6.60. The fourth-order valence-electron chi connectivity index (χ4n) is 1.55. The molecule has 0 saturated heterocycles. The summed E-state index contributed by atoms with van der Waals surface area (Å²) < 4.78 is 0. The van der Waals surface area contributed by atoms with E-state index < -0.39 is 0 Å². The summed E-state index contributed by atoms with van der Waals surface area (Å²) in [7, 11) is 0. The van der Waals surface area contributed by atoms with Gasteiger partial charge >= 0.3 is 19.5 Å². The molecule has 0 aliphatic rings. The second-order valence-electron chi connectivity index (χ2n) is 3.67. The molecule has 1 rings (SSSR count). The van der Waals surface area contributed by atoms with E-state index in [1.165, 1.54) is 22.3 Å². The Morgan fingerprint density at radius 1 is 1.40 bits per heavy atom. The van der Waals surface area contributed by atoms with Gasteiger partial charge in [0.15, 0.2) is 0 Å². The van der Waals surface area contributed by atoms with E-state index >= 15 is 0 Å². The maximum atomic E-state index is 2.28. The molecule has 0 aliphatic carbocycles. The Balaban J connectivity index is 0.00000196. The minimum atomic E-state index is 0. The van der Waals surface area contributed by atoms with E-state index in [4.69, 9.17) is 0 Å². The van der Waals surface area contributed by atoms with Crippen LogP contribution in [0.4, 0.5) is 0 Å². The second-order valence-corrected chi connectivity index (χ2v) is 3.67. The van der Waals surface area contributed by atoms with Gasteiger partial charge in [0.25, 0.3) is 0 Å². The molecule has 83 valence electrons. The summed E-state index contributed by atoms with van der Waals surface area (Å²) in [4.78, 5) is 0. The minimum Gasteiger partial charge on any atom is -0.206 e. The third-order valence-corrected chi connectivity index (χ3v) is 2.67. The molecule has 15 heavy (non-hydrogen) atoms. The molecule has 0 fully saturated rings. The van der Waals surface area contributed by atoms with E-state index in [9.17, 15) is 0 Å². The van der Waals surface area contributed by atoms with E-state index in [2.05, 4.69) is 58.0 Å². The van der Waals surface area contributed by atoms with Crippen LogP contribution in [0.1, 0.15) is 38.8 Å². The SMILES string of the molecule is CC=CC(C)=C(C)c1cc[c-](CC)c1.[Ru+]. The summed E-state index contributed by atoms with van der Waals surface area (Å²) in [5, 5.41) is 0. The van der Waals surface area contributed by atoms with Gasteiger partial charge in [-0.1, -0.05) is 38.0 Å². The molecule has 0 unspecified atom stereocenters. The summed E-state index contributed by atoms with van der Waals surface area (Å²) in [5.41, 5.74) is 5.51. The van der Waals surface area contributed by atoms with Crippen LogP contribution in [0.5, 0.6) is 0 Å². The third kappa shape index (κ3) is 3.83. The van der Waals surface area contributed by atoms with Gasteiger partial charge in [-0.05, 0) is 13.8 Å². The zero-order valence-corrected chi connectivity index (χ0v) is 11.7. The fourth-order valence-corrected chi connectivity index (χ4v) is 1.55. The van der Waals surface area contributed by atoms with Crippen molar-refractivity contribution >= 4 is 5.57 Å². The molecule has 0 N–H and O–H groups in total. The Labute approximate surface area is 106 Å². The molecule has 0 aliphatic heterocycles. The number of allylic oxidation sites excluding steroid dienone is 4. The van der Waals surface area contributed by atoms with Crippen molar-refractivity contribution in [3.63, 3.8) is 0 Å². The Bertz CT molecular complexity index is 353. The number of aryl methyl sites for hydroxylation is 1. The molecule has 1 heteroatoms. The van der Waals surface area contributed by atoms with Crippen LogP contribution in [0, 0.1) is 0 Å². The maximum Gasteiger partial charge on any atom is 1.00 e. The Morgan fingerprint density at radius 2 is 2.07 bits per heavy atom. The first kappa shape index (κ1) is 14.5. The zero-order valence-electron chi connectivity index (χ0n) is 9.95. The van der Waals surface area contributed by atoms with Gasteiger partial charge in [-0.3, -0.25) is 0 Å². The van der Waals surface area contributed by atoms with Crippen molar-refractivity contribution in [3.8, 4) is 0 Å². The van der Waals surface area contributed by atoms with Crippen molar-refractivity contribution in [2.24, 2.45) is 0 Å². The van der Waals surface area contributed by atoms with E-state index in [1.54, 1.807) is 0 Å². The predicted octanol–water partition coefficient (Wildman–Crippen LogP) is 4.33. The van der Waals surface area contributed by atoms with Crippen molar-refractivity contribution < 1.29 is 19.5 Å². The van der Waals surface area contributed by atoms with Crippen LogP contribution < -0.4 is 0 Å². The van der Waals surface area contributed by atoms with E-state index in [0.29, 0.717) is 0 Å². The Hall–Kier alpha value is -0.547. The van der Waals surface area contributed by atoms with Crippen LogP contribution in [0.25, 0.3) is 5.57 Å². The molecule has 0 spiro atoms. The van der Waals surface area contributed by atoms with Gasteiger partial charge in [0.2, 0.25) is 0 Å². The third-order valence-electron chi connectivity index (χ3n) is 2.67. The van der Waals surface area contributed by atoms with Crippen molar-refractivity contribution in [1.29, 1.82) is 0 Å². The predicted molar refractivity (Wildman–Crippen MR) is 64.5 cm³/mol. The van der Waals surface area contributed by atoms with Crippen LogP contribution in [0.15, 0.2) is 35.9 Å². The fraction of sp³-hybridized carbons (Fsp3) is 0.357. The van der Waals surface area contributed by atoms with Gasteiger partial charge in [-0.2, -0.15) is 23.3 Å². The first-order chi connectivity index (χ1) is 6.69. The van der Waals surface area contributed by atoms with Gasteiger partial charge in [0.05, 0.1) is 0 Å². The molecule has 1 radical (unpaired) electrons. The minimum absolute atomic E-state index is 0. The summed E-state index contributed by atoms with van der Waals surface area (Å²) in [5.74, 6) is 0. The molecule has 0 saturated carbocycles. The van der Waals surface area contributed by atoms with Crippen LogP contribution in [-0.4, -0.2) is 0 Å².